The van der Waals surface area contributed by atoms with Gasteiger partial charge in [0.2, 0.25) is 0 Å². The number of rotatable bonds is 10. The van der Waals surface area contributed by atoms with Crippen LogP contribution in [0, 0.1) is 0 Å². The van der Waals surface area contributed by atoms with E-state index in [1.807, 2.05) is 0 Å². The molecule has 1 saturated heterocycles. The molecule has 1 aliphatic rings. The molecule has 0 radical (unpaired) electrons. The maximum absolute atomic E-state index is 12.2. The zero-order chi connectivity index (χ0) is 15.7. The van der Waals surface area contributed by atoms with Crippen molar-refractivity contribution in [3.63, 3.8) is 0 Å². The molecule has 1 fully saturated rings. The maximum atomic E-state index is 12.2. The largest absolute Gasteiger partial charge is 0.465 e. The third-order valence-corrected chi connectivity index (χ3v) is 4.76. The van der Waals surface area contributed by atoms with Crippen molar-refractivity contribution in [2.75, 3.05) is 46.5 Å². The van der Waals surface area contributed by atoms with Gasteiger partial charge in [0.1, 0.15) is 6.04 Å². The highest BCUT2D eigenvalue weighted by Crippen LogP contribution is 2.21. The highest BCUT2D eigenvalue weighted by atomic mass is 32.2. The van der Waals surface area contributed by atoms with E-state index in [0.717, 1.165) is 0 Å². The SMILES string of the molecule is CCOC(=O)C1CCCN1S(=O)(=O)NCCNCCOC. The number of hydrogen-bond donors (Lipinski definition) is 2. The van der Waals surface area contributed by atoms with Crippen molar-refractivity contribution >= 4 is 16.2 Å². The molecule has 9 heteroatoms. The van der Waals surface area contributed by atoms with E-state index in [4.69, 9.17) is 9.47 Å². The van der Waals surface area contributed by atoms with Crippen LogP contribution >= 0.6 is 0 Å². The maximum Gasteiger partial charge on any atom is 0.324 e. The van der Waals surface area contributed by atoms with Crippen molar-refractivity contribution in [1.82, 2.24) is 14.3 Å². The number of carbonyl (C=O) groups excluding carboxylic acids is 1. The third kappa shape index (κ3) is 5.87. The Kier molecular flexibility index (Phi) is 8.12. The number of methoxy groups -OCH3 is 1. The molecular weight excluding hydrogens is 298 g/mol. The molecule has 124 valence electrons. The average Bonchev–Trinajstić information content (AvgIpc) is 2.93. The summed E-state index contributed by atoms with van der Waals surface area (Å²) in [7, 11) is -2.05. The second-order valence-electron chi connectivity index (χ2n) is 4.66. The van der Waals surface area contributed by atoms with Crippen LogP contribution in [0.3, 0.4) is 0 Å². The summed E-state index contributed by atoms with van der Waals surface area (Å²) in [6.07, 6.45) is 1.17. The summed E-state index contributed by atoms with van der Waals surface area (Å²) in [5, 5.41) is 3.04. The number of hydrogen-bond acceptors (Lipinski definition) is 6. The van der Waals surface area contributed by atoms with E-state index in [-0.39, 0.29) is 13.2 Å². The topological polar surface area (TPSA) is 97.0 Å². The minimum atomic E-state index is -3.65. The first-order chi connectivity index (χ1) is 10.0. The van der Waals surface area contributed by atoms with E-state index in [2.05, 4.69) is 10.0 Å². The molecule has 1 rings (SSSR count). The van der Waals surface area contributed by atoms with Crippen molar-refractivity contribution in [2.45, 2.75) is 25.8 Å². The van der Waals surface area contributed by atoms with Gasteiger partial charge in [0, 0.05) is 33.3 Å². The van der Waals surface area contributed by atoms with Gasteiger partial charge in [-0.15, -0.1) is 0 Å². The Hall–Kier alpha value is -0.740. The molecule has 0 spiro atoms. The summed E-state index contributed by atoms with van der Waals surface area (Å²) < 4.78 is 37.9. The fourth-order valence-electron chi connectivity index (χ4n) is 2.15. The van der Waals surface area contributed by atoms with Crippen LogP contribution in [0.15, 0.2) is 0 Å². The van der Waals surface area contributed by atoms with Gasteiger partial charge >= 0.3 is 5.97 Å². The predicted octanol–water partition coefficient (Wildman–Crippen LogP) is -0.916. The summed E-state index contributed by atoms with van der Waals surface area (Å²) in [6, 6.07) is -0.705. The zero-order valence-corrected chi connectivity index (χ0v) is 13.4. The number of nitrogens with zero attached hydrogens (tertiary/aromatic N) is 1. The molecule has 21 heavy (non-hydrogen) atoms. The number of esters is 1. The molecule has 0 aromatic heterocycles. The third-order valence-electron chi connectivity index (χ3n) is 3.14. The van der Waals surface area contributed by atoms with Gasteiger partial charge in [-0.3, -0.25) is 4.79 Å². The van der Waals surface area contributed by atoms with Crippen molar-refractivity contribution in [3.05, 3.63) is 0 Å². The van der Waals surface area contributed by atoms with E-state index >= 15 is 0 Å². The van der Waals surface area contributed by atoms with Crippen LogP contribution in [0.5, 0.6) is 0 Å². The van der Waals surface area contributed by atoms with Gasteiger partial charge in [0.15, 0.2) is 0 Å². The van der Waals surface area contributed by atoms with E-state index in [1.165, 1.54) is 4.31 Å². The van der Waals surface area contributed by atoms with Crippen LogP contribution in [-0.4, -0.2) is 71.2 Å². The molecule has 0 saturated carbocycles. The monoisotopic (exact) mass is 323 g/mol. The average molecular weight is 323 g/mol. The lowest BCUT2D eigenvalue weighted by Gasteiger charge is -2.22. The van der Waals surface area contributed by atoms with Gasteiger partial charge in [-0.1, -0.05) is 0 Å². The first-order valence-corrected chi connectivity index (χ1v) is 8.59. The Balaban J connectivity index is 2.43. The van der Waals surface area contributed by atoms with E-state index in [0.29, 0.717) is 39.1 Å². The van der Waals surface area contributed by atoms with Gasteiger partial charge in [-0.25, -0.2) is 4.72 Å². The molecule has 1 aliphatic heterocycles. The molecule has 1 unspecified atom stereocenters. The van der Waals surface area contributed by atoms with Gasteiger partial charge < -0.3 is 14.8 Å². The Morgan fingerprint density at radius 2 is 2.10 bits per heavy atom. The lowest BCUT2D eigenvalue weighted by atomic mass is 10.2. The lowest BCUT2D eigenvalue weighted by molar-refractivity contribution is -0.146. The van der Waals surface area contributed by atoms with Crippen LogP contribution < -0.4 is 10.0 Å². The van der Waals surface area contributed by atoms with Crippen LogP contribution in [0.25, 0.3) is 0 Å². The standard InChI is InChI=1S/C12H25N3O5S/c1-3-20-12(16)11-5-4-9-15(11)21(17,18)14-7-6-13-8-10-19-2/h11,13-14H,3-10H2,1-2H3. The normalized spacial score (nSPS) is 19.8. The molecule has 0 amide bonds. The number of nitrogens with one attached hydrogen (secondary N) is 2. The summed E-state index contributed by atoms with van der Waals surface area (Å²) in [6.45, 7) is 4.29. The second kappa shape index (κ2) is 9.31. The Labute approximate surface area is 126 Å². The van der Waals surface area contributed by atoms with E-state index < -0.39 is 22.2 Å². The van der Waals surface area contributed by atoms with Crippen LogP contribution in [0.1, 0.15) is 19.8 Å². The molecule has 1 heterocycles. The van der Waals surface area contributed by atoms with Crippen LogP contribution in [0.2, 0.25) is 0 Å². The number of carbonyl (C=O) groups is 1. The molecule has 0 aromatic carbocycles. The molecule has 8 nitrogen and oxygen atoms in total. The van der Waals surface area contributed by atoms with Gasteiger partial charge in [-0.2, -0.15) is 12.7 Å². The predicted molar refractivity (Wildman–Crippen MR) is 78.0 cm³/mol. The Bertz CT molecular complexity index is 415. The van der Waals surface area contributed by atoms with Gasteiger partial charge in [0.05, 0.1) is 13.2 Å². The van der Waals surface area contributed by atoms with Crippen molar-refractivity contribution in [1.29, 1.82) is 0 Å². The highest BCUT2D eigenvalue weighted by molar-refractivity contribution is 7.87. The quantitative estimate of drug-likeness (QED) is 0.399. The molecule has 2 N–H and O–H groups in total. The summed E-state index contributed by atoms with van der Waals surface area (Å²) in [5.74, 6) is -0.474. The van der Waals surface area contributed by atoms with E-state index in [9.17, 15) is 13.2 Å². The molecular formula is C12H25N3O5S. The fourth-order valence-corrected chi connectivity index (χ4v) is 3.57. The minimum Gasteiger partial charge on any atom is -0.465 e. The Morgan fingerprint density at radius 3 is 2.76 bits per heavy atom. The van der Waals surface area contributed by atoms with Crippen LogP contribution in [0.4, 0.5) is 0 Å². The number of ether oxygens (including phenoxy) is 2. The zero-order valence-electron chi connectivity index (χ0n) is 12.6. The summed E-state index contributed by atoms with van der Waals surface area (Å²) in [5.41, 5.74) is 0. The van der Waals surface area contributed by atoms with Crippen LogP contribution in [-0.2, 0) is 24.5 Å². The van der Waals surface area contributed by atoms with Crippen molar-refractivity contribution < 1.29 is 22.7 Å². The van der Waals surface area contributed by atoms with Crippen molar-refractivity contribution in [2.24, 2.45) is 0 Å². The molecule has 0 aliphatic carbocycles. The Morgan fingerprint density at radius 1 is 1.33 bits per heavy atom. The molecule has 1 atom stereocenters. The van der Waals surface area contributed by atoms with Crippen molar-refractivity contribution in [3.8, 4) is 0 Å². The minimum absolute atomic E-state index is 0.250. The molecule has 0 bridgehead atoms. The summed E-state index contributed by atoms with van der Waals surface area (Å²) >= 11 is 0. The van der Waals surface area contributed by atoms with Gasteiger partial charge in [0.25, 0.3) is 10.2 Å². The highest BCUT2D eigenvalue weighted by Gasteiger charge is 2.39. The summed E-state index contributed by atoms with van der Waals surface area (Å²) in [4.78, 5) is 11.8. The first kappa shape index (κ1) is 18.3. The molecule has 0 aromatic rings. The smallest absolute Gasteiger partial charge is 0.324 e. The lowest BCUT2D eigenvalue weighted by Crippen LogP contribution is -2.48. The second-order valence-corrected chi connectivity index (χ2v) is 6.37. The van der Waals surface area contributed by atoms with E-state index in [1.54, 1.807) is 14.0 Å². The van der Waals surface area contributed by atoms with Gasteiger partial charge in [-0.05, 0) is 19.8 Å². The first-order valence-electron chi connectivity index (χ1n) is 7.15. The fraction of sp³-hybridized carbons (Fsp3) is 0.917.